The van der Waals surface area contributed by atoms with Crippen molar-refractivity contribution in [3.05, 3.63) is 29.8 Å². The third-order valence-corrected chi connectivity index (χ3v) is 3.01. The maximum absolute atomic E-state index is 11.8. The fourth-order valence-corrected chi connectivity index (χ4v) is 2.00. The van der Waals surface area contributed by atoms with E-state index in [9.17, 15) is 9.59 Å². The molecule has 0 aromatic heterocycles. The van der Waals surface area contributed by atoms with Crippen LogP contribution in [0.5, 0.6) is 0 Å². The van der Waals surface area contributed by atoms with Gasteiger partial charge in [0, 0.05) is 12.2 Å². The number of benzene rings is 1. The Morgan fingerprint density at radius 2 is 2.06 bits per heavy atom. The maximum atomic E-state index is 11.8. The number of aliphatic carboxylic acids is 1. The SMILES string of the molecule is O=C(O)Cc1ccc(NC(=O)C2CCNC2)cc1. The molecule has 1 aliphatic heterocycles. The minimum atomic E-state index is -0.858. The van der Waals surface area contributed by atoms with E-state index in [2.05, 4.69) is 10.6 Å². The highest BCUT2D eigenvalue weighted by Crippen LogP contribution is 2.14. The van der Waals surface area contributed by atoms with Gasteiger partial charge in [0.2, 0.25) is 5.91 Å². The zero-order valence-electron chi connectivity index (χ0n) is 9.98. The quantitative estimate of drug-likeness (QED) is 0.738. The lowest BCUT2D eigenvalue weighted by Gasteiger charge is -2.10. The zero-order chi connectivity index (χ0) is 13.0. The Morgan fingerprint density at radius 3 is 2.61 bits per heavy atom. The van der Waals surface area contributed by atoms with Crippen molar-refractivity contribution in [1.29, 1.82) is 0 Å². The minimum Gasteiger partial charge on any atom is -0.481 e. The van der Waals surface area contributed by atoms with Gasteiger partial charge in [-0.15, -0.1) is 0 Å². The summed E-state index contributed by atoms with van der Waals surface area (Å²) in [6.45, 7) is 1.61. The first kappa shape index (κ1) is 12.6. The van der Waals surface area contributed by atoms with Crippen LogP contribution < -0.4 is 10.6 Å². The van der Waals surface area contributed by atoms with E-state index in [1.165, 1.54) is 0 Å². The van der Waals surface area contributed by atoms with Gasteiger partial charge >= 0.3 is 5.97 Å². The molecule has 96 valence electrons. The molecular formula is C13H16N2O3. The second kappa shape index (κ2) is 5.64. The minimum absolute atomic E-state index is 0.000765. The Labute approximate surface area is 105 Å². The largest absolute Gasteiger partial charge is 0.481 e. The van der Waals surface area contributed by atoms with Crippen molar-refractivity contribution in [1.82, 2.24) is 5.32 Å². The molecule has 0 spiro atoms. The van der Waals surface area contributed by atoms with Crippen molar-refractivity contribution in [2.45, 2.75) is 12.8 Å². The Bertz CT molecular complexity index is 436. The number of nitrogens with one attached hydrogen (secondary N) is 2. The molecule has 1 aromatic rings. The third-order valence-electron chi connectivity index (χ3n) is 3.01. The van der Waals surface area contributed by atoms with E-state index in [0.717, 1.165) is 25.1 Å². The van der Waals surface area contributed by atoms with Crippen LogP contribution in [-0.4, -0.2) is 30.1 Å². The average Bonchev–Trinajstić information content (AvgIpc) is 2.84. The molecule has 1 aliphatic rings. The number of hydrogen-bond donors (Lipinski definition) is 3. The maximum Gasteiger partial charge on any atom is 0.307 e. The van der Waals surface area contributed by atoms with Gasteiger partial charge in [-0.05, 0) is 30.7 Å². The lowest BCUT2D eigenvalue weighted by atomic mass is 10.1. The monoisotopic (exact) mass is 248 g/mol. The second-order valence-corrected chi connectivity index (χ2v) is 4.45. The predicted molar refractivity (Wildman–Crippen MR) is 67.4 cm³/mol. The van der Waals surface area contributed by atoms with Crippen LogP contribution in [0, 0.1) is 5.92 Å². The van der Waals surface area contributed by atoms with E-state index in [0.29, 0.717) is 5.69 Å². The van der Waals surface area contributed by atoms with E-state index in [1.54, 1.807) is 24.3 Å². The lowest BCUT2D eigenvalue weighted by molar-refractivity contribution is -0.136. The van der Waals surface area contributed by atoms with Crippen LogP contribution in [-0.2, 0) is 16.0 Å². The van der Waals surface area contributed by atoms with Gasteiger partial charge < -0.3 is 15.7 Å². The van der Waals surface area contributed by atoms with Gasteiger partial charge in [-0.1, -0.05) is 12.1 Å². The molecule has 1 heterocycles. The number of hydrogen-bond acceptors (Lipinski definition) is 3. The van der Waals surface area contributed by atoms with Crippen molar-refractivity contribution in [2.24, 2.45) is 5.92 Å². The Balaban J connectivity index is 1.93. The molecular weight excluding hydrogens is 232 g/mol. The van der Waals surface area contributed by atoms with Crippen molar-refractivity contribution in [3.63, 3.8) is 0 Å². The Kier molecular flexibility index (Phi) is 3.94. The molecule has 3 N–H and O–H groups in total. The van der Waals surface area contributed by atoms with E-state index in [-0.39, 0.29) is 18.2 Å². The van der Waals surface area contributed by atoms with Crippen molar-refractivity contribution >= 4 is 17.6 Å². The first-order chi connectivity index (χ1) is 8.65. The van der Waals surface area contributed by atoms with E-state index in [1.807, 2.05) is 0 Å². The number of carboxylic acids is 1. The number of amides is 1. The van der Waals surface area contributed by atoms with Crippen LogP contribution in [0.4, 0.5) is 5.69 Å². The van der Waals surface area contributed by atoms with Gasteiger partial charge in [-0.3, -0.25) is 9.59 Å². The summed E-state index contributed by atoms with van der Waals surface area (Å²) in [5, 5.41) is 14.6. The molecule has 0 saturated carbocycles. The molecule has 1 amide bonds. The van der Waals surface area contributed by atoms with Crippen LogP contribution >= 0.6 is 0 Å². The second-order valence-electron chi connectivity index (χ2n) is 4.45. The molecule has 1 fully saturated rings. The van der Waals surface area contributed by atoms with Crippen molar-refractivity contribution in [3.8, 4) is 0 Å². The molecule has 18 heavy (non-hydrogen) atoms. The predicted octanol–water partition coefficient (Wildman–Crippen LogP) is 0.862. The average molecular weight is 248 g/mol. The summed E-state index contributed by atoms with van der Waals surface area (Å²) in [7, 11) is 0. The molecule has 0 aliphatic carbocycles. The van der Waals surface area contributed by atoms with Crippen molar-refractivity contribution in [2.75, 3.05) is 18.4 Å². The van der Waals surface area contributed by atoms with Crippen LogP contribution in [0.3, 0.4) is 0 Å². The molecule has 1 saturated heterocycles. The number of carboxylic acid groups (broad SMARTS) is 1. The summed E-state index contributed by atoms with van der Waals surface area (Å²) in [5.74, 6) is -0.807. The first-order valence-electron chi connectivity index (χ1n) is 5.97. The summed E-state index contributed by atoms with van der Waals surface area (Å²) >= 11 is 0. The molecule has 1 aromatic carbocycles. The van der Waals surface area contributed by atoms with Crippen LogP contribution in [0.15, 0.2) is 24.3 Å². The van der Waals surface area contributed by atoms with Gasteiger partial charge in [0.15, 0.2) is 0 Å². The Hall–Kier alpha value is -1.88. The number of rotatable bonds is 4. The van der Waals surface area contributed by atoms with E-state index < -0.39 is 5.97 Å². The molecule has 5 nitrogen and oxygen atoms in total. The fraction of sp³-hybridized carbons (Fsp3) is 0.385. The first-order valence-corrected chi connectivity index (χ1v) is 5.97. The summed E-state index contributed by atoms with van der Waals surface area (Å²) in [6.07, 6.45) is 0.865. The van der Waals surface area contributed by atoms with Crippen molar-refractivity contribution < 1.29 is 14.7 Å². The van der Waals surface area contributed by atoms with E-state index >= 15 is 0 Å². The third kappa shape index (κ3) is 3.30. The van der Waals surface area contributed by atoms with Crippen LogP contribution in [0.2, 0.25) is 0 Å². The smallest absolute Gasteiger partial charge is 0.307 e. The standard InChI is InChI=1S/C13H16N2O3/c16-12(17)7-9-1-3-11(4-2-9)15-13(18)10-5-6-14-8-10/h1-4,10,14H,5-8H2,(H,15,18)(H,16,17). The molecule has 2 rings (SSSR count). The van der Waals surface area contributed by atoms with Gasteiger partial charge in [0.1, 0.15) is 0 Å². The van der Waals surface area contributed by atoms with Gasteiger partial charge in [-0.25, -0.2) is 0 Å². The number of carbonyl (C=O) groups is 2. The number of carbonyl (C=O) groups excluding carboxylic acids is 1. The summed E-state index contributed by atoms with van der Waals surface area (Å²) in [5.41, 5.74) is 1.43. The molecule has 5 heteroatoms. The molecule has 1 atom stereocenters. The summed E-state index contributed by atoms with van der Waals surface area (Å²) in [6, 6.07) is 6.91. The lowest BCUT2D eigenvalue weighted by Crippen LogP contribution is -2.24. The zero-order valence-corrected chi connectivity index (χ0v) is 9.98. The van der Waals surface area contributed by atoms with Crippen LogP contribution in [0.1, 0.15) is 12.0 Å². The topological polar surface area (TPSA) is 78.4 Å². The molecule has 0 radical (unpaired) electrons. The highest BCUT2D eigenvalue weighted by Gasteiger charge is 2.22. The van der Waals surface area contributed by atoms with E-state index in [4.69, 9.17) is 5.11 Å². The summed E-state index contributed by atoms with van der Waals surface area (Å²) < 4.78 is 0. The van der Waals surface area contributed by atoms with Gasteiger partial charge in [0.05, 0.1) is 12.3 Å². The van der Waals surface area contributed by atoms with Gasteiger partial charge in [0.25, 0.3) is 0 Å². The molecule has 1 unspecified atom stereocenters. The highest BCUT2D eigenvalue weighted by atomic mass is 16.4. The Morgan fingerprint density at radius 1 is 1.33 bits per heavy atom. The normalized spacial score (nSPS) is 18.6. The van der Waals surface area contributed by atoms with Gasteiger partial charge in [-0.2, -0.15) is 0 Å². The number of anilines is 1. The fourth-order valence-electron chi connectivity index (χ4n) is 2.00. The molecule has 0 bridgehead atoms. The highest BCUT2D eigenvalue weighted by molar-refractivity contribution is 5.92. The van der Waals surface area contributed by atoms with Crippen LogP contribution in [0.25, 0.3) is 0 Å². The summed E-state index contributed by atoms with van der Waals surface area (Å²) in [4.78, 5) is 22.4.